The second kappa shape index (κ2) is 10.3. The number of pyridine rings is 1. The fourth-order valence-corrected chi connectivity index (χ4v) is 4.35. The lowest BCUT2D eigenvalue weighted by Gasteiger charge is -2.41. The Morgan fingerprint density at radius 1 is 1.14 bits per heavy atom. The third-order valence-corrected chi connectivity index (χ3v) is 5.94. The van der Waals surface area contributed by atoms with E-state index in [1.807, 2.05) is 12.4 Å². The standard InChI is InChI=1S/C22H37N5O/c1-18(2)13-24-22(28)21-12-20(15-26-10-8-25(3)9-11-26)16-27(17-21)14-19-4-6-23-7-5-19/h4-7,18,20-21H,8-17H2,1-3H3,(H,24,28)/t20-,21-/m1/s1. The van der Waals surface area contributed by atoms with E-state index in [0.717, 1.165) is 65.3 Å². The molecule has 1 N–H and O–H groups in total. The number of hydrogen-bond acceptors (Lipinski definition) is 5. The number of rotatable bonds is 7. The molecular formula is C22H37N5O. The van der Waals surface area contributed by atoms with Crippen molar-refractivity contribution in [2.24, 2.45) is 17.8 Å². The zero-order valence-electron chi connectivity index (χ0n) is 17.8. The molecule has 156 valence electrons. The summed E-state index contributed by atoms with van der Waals surface area (Å²) < 4.78 is 0. The van der Waals surface area contributed by atoms with Crippen LogP contribution >= 0.6 is 0 Å². The molecule has 0 spiro atoms. The first-order valence-electron chi connectivity index (χ1n) is 10.8. The maximum Gasteiger partial charge on any atom is 0.224 e. The van der Waals surface area contributed by atoms with E-state index >= 15 is 0 Å². The third kappa shape index (κ3) is 6.54. The average Bonchev–Trinajstić information content (AvgIpc) is 2.68. The quantitative estimate of drug-likeness (QED) is 0.769. The molecule has 3 rings (SSSR count). The van der Waals surface area contributed by atoms with Crippen LogP contribution in [0.1, 0.15) is 25.8 Å². The van der Waals surface area contributed by atoms with Crippen molar-refractivity contribution in [2.75, 3.05) is 59.4 Å². The Balaban J connectivity index is 1.62. The fraction of sp³-hybridized carbons (Fsp3) is 0.727. The maximum absolute atomic E-state index is 12.8. The molecule has 2 saturated heterocycles. The van der Waals surface area contributed by atoms with Crippen LogP contribution in [-0.4, -0.2) is 85.0 Å². The van der Waals surface area contributed by atoms with Crippen LogP contribution in [-0.2, 0) is 11.3 Å². The zero-order valence-corrected chi connectivity index (χ0v) is 17.8. The maximum atomic E-state index is 12.8. The van der Waals surface area contributed by atoms with E-state index in [2.05, 4.69) is 58.0 Å². The first-order chi connectivity index (χ1) is 13.5. The minimum absolute atomic E-state index is 0.0896. The summed E-state index contributed by atoms with van der Waals surface area (Å²) in [5, 5.41) is 3.17. The third-order valence-electron chi connectivity index (χ3n) is 5.94. The molecule has 28 heavy (non-hydrogen) atoms. The number of likely N-dealkylation sites (N-methyl/N-ethyl adjacent to an activating group) is 1. The second-order valence-electron chi connectivity index (χ2n) is 9.09. The van der Waals surface area contributed by atoms with Crippen LogP contribution in [0.25, 0.3) is 0 Å². The molecular weight excluding hydrogens is 350 g/mol. The Morgan fingerprint density at radius 2 is 1.86 bits per heavy atom. The lowest BCUT2D eigenvalue weighted by Crippen LogP contribution is -2.51. The van der Waals surface area contributed by atoms with Crippen LogP contribution in [0.4, 0.5) is 0 Å². The van der Waals surface area contributed by atoms with Crippen LogP contribution in [0.15, 0.2) is 24.5 Å². The number of aromatic nitrogens is 1. The van der Waals surface area contributed by atoms with Gasteiger partial charge in [0, 0.05) is 71.3 Å². The van der Waals surface area contributed by atoms with Gasteiger partial charge in [-0.25, -0.2) is 0 Å². The molecule has 0 unspecified atom stereocenters. The molecule has 0 bridgehead atoms. The van der Waals surface area contributed by atoms with Gasteiger partial charge >= 0.3 is 0 Å². The van der Waals surface area contributed by atoms with Crippen molar-refractivity contribution in [3.63, 3.8) is 0 Å². The highest BCUT2D eigenvalue weighted by Gasteiger charge is 2.32. The topological polar surface area (TPSA) is 51.7 Å². The van der Waals surface area contributed by atoms with Gasteiger partial charge in [0.15, 0.2) is 0 Å². The van der Waals surface area contributed by atoms with Gasteiger partial charge in [0.1, 0.15) is 0 Å². The smallest absolute Gasteiger partial charge is 0.224 e. The van der Waals surface area contributed by atoms with Gasteiger partial charge in [-0.3, -0.25) is 14.7 Å². The first-order valence-corrected chi connectivity index (χ1v) is 10.8. The molecule has 0 saturated carbocycles. The van der Waals surface area contributed by atoms with Gasteiger partial charge in [0.2, 0.25) is 5.91 Å². The van der Waals surface area contributed by atoms with E-state index in [4.69, 9.17) is 0 Å². The summed E-state index contributed by atoms with van der Waals surface area (Å²) in [4.78, 5) is 24.4. The highest BCUT2D eigenvalue weighted by atomic mass is 16.1. The molecule has 2 aliphatic rings. The number of nitrogens with one attached hydrogen (secondary N) is 1. The Hall–Kier alpha value is -1.50. The predicted molar refractivity (Wildman–Crippen MR) is 113 cm³/mol. The molecule has 6 nitrogen and oxygen atoms in total. The first kappa shape index (κ1) is 21.2. The van der Waals surface area contributed by atoms with Crippen LogP contribution in [0, 0.1) is 17.8 Å². The average molecular weight is 388 g/mol. The number of piperidine rings is 1. The number of hydrogen-bond donors (Lipinski definition) is 1. The van der Waals surface area contributed by atoms with E-state index < -0.39 is 0 Å². The number of carbonyl (C=O) groups excluding carboxylic acids is 1. The van der Waals surface area contributed by atoms with E-state index in [1.165, 1.54) is 5.56 Å². The van der Waals surface area contributed by atoms with Gasteiger partial charge in [0.25, 0.3) is 0 Å². The largest absolute Gasteiger partial charge is 0.356 e. The van der Waals surface area contributed by atoms with Crippen molar-refractivity contribution in [2.45, 2.75) is 26.8 Å². The summed E-state index contributed by atoms with van der Waals surface area (Å²) in [5.74, 6) is 1.36. The van der Waals surface area contributed by atoms with Crippen LogP contribution in [0.3, 0.4) is 0 Å². The number of piperazine rings is 1. The predicted octanol–water partition coefficient (Wildman–Crippen LogP) is 1.54. The second-order valence-corrected chi connectivity index (χ2v) is 9.09. The Bertz CT molecular complexity index is 600. The van der Waals surface area contributed by atoms with E-state index in [9.17, 15) is 4.79 Å². The molecule has 3 heterocycles. The van der Waals surface area contributed by atoms with Gasteiger partial charge in [-0.15, -0.1) is 0 Å². The van der Waals surface area contributed by atoms with Crippen molar-refractivity contribution >= 4 is 5.91 Å². The SMILES string of the molecule is CC(C)CNC(=O)[C@@H]1C[C@H](CN2CCN(C)CC2)CN(Cc2ccncc2)C1. The summed E-state index contributed by atoms with van der Waals surface area (Å²) in [6.07, 6.45) is 4.71. The van der Waals surface area contributed by atoms with E-state index in [0.29, 0.717) is 11.8 Å². The van der Waals surface area contributed by atoms with Crippen molar-refractivity contribution in [1.82, 2.24) is 25.0 Å². The lowest BCUT2D eigenvalue weighted by molar-refractivity contribution is -0.128. The minimum Gasteiger partial charge on any atom is -0.356 e. The number of amides is 1. The van der Waals surface area contributed by atoms with Gasteiger partial charge in [0.05, 0.1) is 5.92 Å². The van der Waals surface area contributed by atoms with Crippen molar-refractivity contribution in [3.05, 3.63) is 30.1 Å². The van der Waals surface area contributed by atoms with Gasteiger partial charge in [-0.2, -0.15) is 0 Å². The normalized spacial score (nSPS) is 25.1. The van der Waals surface area contributed by atoms with Gasteiger partial charge in [-0.1, -0.05) is 13.8 Å². The number of nitrogens with zero attached hydrogens (tertiary/aromatic N) is 4. The monoisotopic (exact) mass is 387 g/mol. The molecule has 2 fully saturated rings. The highest BCUT2D eigenvalue weighted by Crippen LogP contribution is 2.25. The summed E-state index contributed by atoms with van der Waals surface area (Å²) in [6.45, 7) is 13.6. The Kier molecular flexibility index (Phi) is 7.82. The molecule has 1 aromatic rings. The molecule has 2 atom stereocenters. The van der Waals surface area contributed by atoms with E-state index in [1.54, 1.807) is 0 Å². The lowest BCUT2D eigenvalue weighted by atomic mass is 9.87. The molecule has 1 amide bonds. The highest BCUT2D eigenvalue weighted by molar-refractivity contribution is 5.79. The summed E-state index contributed by atoms with van der Waals surface area (Å²) in [5.41, 5.74) is 1.27. The van der Waals surface area contributed by atoms with Gasteiger partial charge < -0.3 is 15.1 Å². The number of carbonyl (C=O) groups is 1. The Morgan fingerprint density at radius 3 is 2.54 bits per heavy atom. The van der Waals surface area contributed by atoms with Crippen LogP contribution in [0.5, 0.6) is 0 Å². The zero-order chi connectivity index (χ0) is 19.9. The van der Waals surface area contributed by atoms with Crippen molar-refractivity contribution < 1.29 is 4.79 Å². The number of likely N-dealkylation sites (tertiary alicyclic amines) is 1. The molecule has 6 heteroatoms. The molecule has 2 aliphatic heterocycles. The van der Waals surface area contributed by atoms with Crippen molar-refractivity contribution in [3.8, 4) is 0 Å². The molecule has 0 aliphatic carbocycles. The van der Waals surface area contributed by atoms with Crippen LogP contribution in [0.2, 0.25) is 0 Å². The summed E-state index contributed by atoms with van der Waals surface area (Å²) >= 11 is 0. The Labute approximate surface area is 170 Å². The molecule has 0 aromatic carbocycles. The summed E-state index contributed by atoms with van der Waals surface area (Å²) in [6, 6.07) is 4.16. The van der Waals surface area contributed by atoms with Crippen molar-refractivity contribution in [1.29, 1.82) is 0 Å². The minimum atomic E-state index is 0.0896. The molecule has 1 aromatic heterocycles. The van der Waals surface area contributed by atoms with E-state index in [-0.39, 0.29) is 11.8 Å². The van der Waals surface area contributed by atoms with Gasteiger partial charge in [-0.05, 0) is 43.0 Å². The van der Waals surface area contributed by atoms with Crippen LogP contribution < -0.4 is 5.32 Å². The summed E-state index contributed by atoms with van der Waals surface area (Å²) in [7, 11) is 2.20. The fourth-order valence-electron chi connectivity index (χ4n) is 4.35. The molecule has 0 radical (unpaired) electrons.